The number of sulfonamides is 1. The van der Waals surface area contributed by atoms with Gasteiger partial charge in [-0.3, -0.25) is 19.3 Å². The second-order valence-corrected chi connectivity index (χ2v) is 12.2. The number of Topliss-reactive ketones (excluding diaryl/α,β-unsaturated/α-hetero) is 2. The van der Waals surface area contributed by atoms with Crippen LogP contribution in [-0.2, 0) is 32.5 Å². The molecule has 12 nitrogen and oxygen atoms in total. The van der Waals surface area contributed by atoms with Crippen molar-refractivity contribution in [3.63, 3.8) is 0 Å². The zero-order valence-corrected chi connectivity index (χ0v) is 22.0. The number of phenolic OH excluding ortho intramolecular Hbond substituents is 1. The Hall–Kier alpha value is -3.26. The highest BCUT2D eigenvalue weighted by molar-refractivity contribution is 7.88. The van der Waals surface area contributed by atoms with Crippen LogP contribution < -0.4 is 10.5 Å². The summed E-state index contributed by atoms with van der Waals surface area (Å²) < 4.78 is 25.1. The molecule has 3 aliphatic rings. The van der Waals surface area contributed by atoms with E-state index in [0.717, 1.165) is 6.26 Å². The van der Waals surface area contributed by atoms with Crippen LogP contribution in [0.2, 0.25) is 0 Å². The lowest BCUT2D eigenvalue weighted by Gasteiger charge is -2.50. The summed E-state index contributed by atoms with van der Waals surface area (Å²) in [6.45, 7) is 0.174. The summed E-state index contributed by atoms with van der Waals surface area (Å²) in [7, 11) is -0.240. The third-order valence-corrected chi connectivity index (χ3v) is 8.42. The summed E-state index contributed by atoms with van der Waals surface area (Å²) in [6.07, 6.45) is 2.04. The van der Waals surface area contributed by atoms with Gasteiger partial charge in [0, 0.05) is 18.0 Å². The van der Waals surface area contributed by atoms with Gasteiger partial charge in [-0.05, 0) is 62.9 Å². The minimum atomic E-state index is -3.37. The van der Waals surface area contributed by atoms with E-state index in [2.05, 4.69) is 4.72 Å². The van der Waals surface area contributed by atoms with E-state index in [1.54, 1.807) is 20.2 Å². The fourth-order valence-corrected chi connectivity index (χ4v) is 6.60. The van der Waals surface area contributed by atoms with E-state index in [1.807, 2.05) is 0 Å². The van der Waals surface area contributed by atoms with Gasteiger partial charge in [0.1, 0.15) is 22.8 Å². The van der Waals surface area contributed by atoms with Crippen molar-refractivity contribution in [1.29, 1.82) is 0 Å². The van der Waals surface area contributed by atoms with Crippen LogP contribution in [0.5, 0.6) is 5.75 Å². The highest BCUT2D eigenvalue weighted by atomic mass is 32.2. The van der Waals surface area contributed by atoms with Crippen molar-refractivity contribution >= 4 is 27.5 Å². The number of aliphatic hydroxyl groups is 3. The first kappa shape index (κ1) is 27.8. The fourth-order valence-electron chi connectivity index (χ4n) is 6.09. The number of hydrogen-bond acceptors (Lipinski definition) is 10. The van der Waals surface area contributed by atoms with Crippen LogP contribution in [0.25, 0.3) is 0 Å². The average Bonchev–Trinajstić information content (AvgIpc) is 2.79. The fraction of sp³-hybridized carbons (Fsp3) is 0.480. The minimum absolute atomic E-state index is 0.00348. The maximum Gasteiger partial charge on any atom is 0.255 e. The molecule has 0 unspecified atom stereocenters. The van der Waals surface area contributed by atoms with E-state index >= 15 is 0 Å². The number of aryl methyl sites for hydroxylation is 1. The van der Waals surface area contributed by atoms with Gasteiger partial charge < -0.3 is 26.2 Å². The number of allylic oxidation sites excluding steroid dienone is 1. The van der Waals surface area contributed by atoms with E-state index in [1.165, 1.54) is 11.0 Å². The lowest BCUT2D eigenvalue weighted by molar-refractivity contribution is -0.148. The maximum absolute atomic E-state index is 13.7. The zero-order chi connectivity index (χ0) is 28.3. The molecule has 0 saturated carbocycles. The zero-order valence-electron chi connectivity index (χ0n) is 21.2. The molecule has 1 aromatic carbocycles. The molecule has 7 N–H and O–H groups in total. The second kappa shape index (κ2) is 9.49. The summed E-state index contributed by atoms with van der Waals surface area (Å²) in [5, 5.41) is 44.3. The number of carbonyl (C=O) groups is 3. The Kier molecular flexibility index (Phi) is 6.93. The van der Waals surface area contributed by atoms with Gasteiger partial charge in [-0.25, -0.2) is 13.1 Å². The molecule has 3 aliphatic carbocycles. The van der Waals surface area contributed by atoms with Crippen molar-refractivity contribution < 1.29 is 43.2 Å². The number of rotatable bonds is 7. The van der Waals surface area contributed by atoms with E-state index in [-0.39, 0.29) is 36.3 Å². The molecule has 38 heavy (non-hydrogen) atoms. The number of primary amides is 1. The first-order valence-corrected chi connectivity index (χ1v) is 13.9. The molecular weight excluding hydrogens is 518 g/mol. The predicted octanol–water partition coefficient (Wildman–Crippen LogP) is -0.398. The van der Waals surface area contributed by atoms with Gasteiger partial charge in [0.25, 0.3) is 5.91 Å². The molecule has 0 bridgehead atoms. The number of hydrogen-bond donors (Lipinski definition) is 6. The van der Waals surface area contributed by atoms with Crippen LogP contribution >= 0.6 is 0 Å². The molecule has 0 aliphatic heterocycles. The van der Waals surface area contributed by atoms with Gasteiger partial charge in [0.05, 0.1) is 17.9 Å². The van der Waals surface area contributed by atoms with Crippen LogP contribution in [0, 0.1) is 11.8 Å². The molecule has 0 heterocycles. The van der Waals surface area contributed by atoms with Gasteiger partial charge in [0.15, 0.2) is 11.4 Å². The first-order valence-electron chi connectivity index (χ1n) is 12.0. The van der Waals surface area contributed by atoms with Gasteiger partial charge in [-0.1, -0.05) is 6.07 Å². The number of benzene rings is 1. The molecule has 206 valence electrons. The van der Waals surface area contributed by atoms with Crippen LogP contribution in [-0.4, -0.2) is 89.8 Å². The molecule has 13 heteroatoms. The third-order valence-electron chi connectivity index (χ3n) is 7.69. The normalized spacial score (nSPS) is 27.3. The first-order chi connectivity index (χ1) is 17.6. The molecule has 4 atom stereocenters. The lowest BCUT2D eigenvalue weighted by Crippen LogP contribution is -2.63. The van der Waals surface area contributed by atoms with Gasteiger partial charge in [-0.15, -0.1) is 0 Å². The molecule has 0 saturated heterocycles. The maximum atomic E-state index is 13.7. The molecule has 1 amide bonds. The predicted molar refractivity (Wildman–Crippen MR) is 135 cm³/mol. The number of aliphatic hydroxyl groups excluding tert-OH is 2. The molecular formula is C25H31N3O9S. The molecule has 0 spiro atoms. The topological polar surface area (TPSA) is 208 Å². The molecule has 0 radical (unpaired) electrons. The number of fused-ring (bicyclic) bond motifs is 3. The SMILES string of the molecule is CN(C)[C@H]1C(O)=C(C(N)=O)C(=O)[C@@]2(O)C(O)=C3C(=O)c4c(O)ccc(CCCNS(C)(=O)=O)c4C[C@H]3C[C@@H]12. The van der Waals surface area contributed by atoms with Crippen LogP contribution in [0.15, 0.2) is 34.8 Å². The Morgan fingerprint density at radius 3 is 2.45 bits per heavy atom. The summed E-state index contributed by atoms with van der Waals surface area (Å²) in [6, 6.07) is 1.91. The Balaban J connectivity index is 1.80. The Morgan fingerprint density at radius 1 is 1.21 bits per heavy atom. The van der Waals surface area contributed by atoms with Crippen molar-refractivity contribution in [2.45, 2.75) is 37.3 Å². The summed E-state index contributed by atoms with van der Waals surface area (Å²) in [5.41, 5.74) is 2.73. The van der Waals surface area contributed by atoms with Crippen molar-refractivity contribution in [3.05, 3.63) is 51.5 Å². The van der Waals surface area contributed by atoms with Crippen molar-refractivity contribution in [3.8, 4) is 5.75 Å². The van der Waals surface area contributed by atoms with E-state index in [9.17, 15) is 43.2 Å². The monoisotopic (exact) mass is 549 g/mol. The molecule has 1 aromatic rings. The number of nitrogens with zero attached hydrogens (tertiary/aromatic N) is 1. The smallest absolute Gasteiger partial charge is 0.255 e. The number of aromatic hydroxyl groups is 1. The quantitative estimate of drug-likeness (QED) is 0.192. The standard InChI is InChI=1S/C25H31N3O9S/c1-28(2)19-14-10-12-9-13-11(5-4-8-27-38(3,36)37)6-7-15(29)17(13)20(30)16(12)22(32)25(14,35)23(33)18(21(19)31)24(26)34/h6-7,12,14,19,27,29,31-32,35H,4-5,8-10H2,1-3H3,(H2,26,34)/t12-,14-,19+,25-/m0/s1. The van der Waals surface area contributed by atoms with Crippen LogP contribution in [0.4, 0.5) is 0 Å². The Morgan fingerprint density at radius 2 is 1.87 bits per heavy atom. The Labute approximate surface area is 219 Å². The van der Waals surface area contributed by atoms with Crippen molar-refractivity contribution in [2.24, 2.45) is 17.6 Å². The Bertz CT molecular complexity index is 1410. The number of nitrogens with one attached hydrogen (secondary N) is 1. The number of likely N-dealkylation sites (N-methyl/N-ethyl adjacent to an activating group) is 1. The summed E-state index contributed by atoms with van der Waals surface area (Å²) >= 11 is 0. The second-order valence-electron chi connectivity index (χ2n) is 10.3. The summed E-state index contributed by atoms with van der Waals surface area (Å²) in [4.78, 5) is 40.5. The third kappa shape index (κ3) is 4.28. The number of nitrogens with two attached hydrogens (primary N) is 1. The van der Waals surface area contributed by atoms with E-state index in [4.69, 9.17) is 5.73 Å². The molecule has 0 fully saturated rings. The minimum Gasteiger partial charge on any atom is -0.510 e. The van der Waals surface area contributed by atoms with Crippen molar-refractivity contribution in [1.82, 2.24) is 9.62 Å². The number of ketones is 2. The number of phenols is 1. The van der Waals surface area contributed by atoms with Gasteiger partial charge in [-0.2, -0.15) is 0 Å². The van der Waals surface area contributed by atoms with Crippen LogP contribution in [0.1, 0.15) is 34.3 Å². The van der Waals surface area contributed by atoms with Crippen molar-refractivity contribution in [2.75, 3.05) is 26.9 Å². The highest BCUT2D eigenvalue weighted by Crippen LogP contribution is 2.52. The number of amides is 1. The highest BCUT2D eigenvalue weighted by Gasteiger charge is 2.63. The van der Waals surface area contributed by atoms with Crippen LogP contribution in [0.3, 0.4) is 0 Å². The largest absolute Gasteiger partial charge is 0.510 e. The average molecular weight is 550 g/mol. The van der Waals surface area contributed by atoms with Gasteiger partial charge in [0.2, 0.25) is 15.8 Å². The van der Waals surface area contributed by atoms with E-state index in [0.29, 0.717) is 24.0 Å². The molecule has 0 aromatic heterocycles. The summed E-state index contributed by atoms with van der Waals surface area (Å²) in [5.74, 6) is -6.99. The number of carbonyl (C=O) groups excluding carboxylic acids is 3. The van der Waals surface area contributed by atoms with E-state index < -0.39 is 68.1 Å². The van der Waals surface area contributed by atoms with Gasteiger partial charge >= 0.3 is 0 Å². The lowest BCUT2D eigenvalue weighted by atomic mass is 9.58. The molecule has 4 rings (SSSR count).